The summed E-state index contributed by atoms with van der Waals surface area (Å²) >= 11 is 3.26. The first-order valence-electron chi connectivity index (χ1n) is 4.22. The molecule has 1 heterocycles. The zero-order valence-corrected chi connectivity index (χ0v) is 9.17. The quantitative estimate of drug-likeness (QED) is 0.634. The molecule has 72 valence electrons. The van der Waals surface area contributed by atoms with Crippen molar-refractivity contribution in [2.75, 3.05) is 20.2 Å². The van der Waals surface area contributed by atoms with Crippen LogP contribution >= 0.6 is 15.9 Å². The molecule has 1 N–H and O–H groups in total. The molecule has 0 atom stereocenters. The van der Waals surface area contributed by atoms with Gasteiger partial charge in [-0.05, 0) is 48.1 Å². The van der Waals surface area contributed by atoms with E-state index in [1.165, 1.54) is 0 Å². The Balaban J connectivity index is 2.25. The molecule has 0 aliphatic rings. The summed E-state index contributed by atoms with van der Waals surface area (Å²) in [7, 11) is 1.93. The van der Waals surface area contributed by atoms with Crippen molar-refractivity contribution < 1.29 is 4.74 Å². The van der Waals surface area contributed by atoms with E-state index in [4.69, 9.17) is 4.74 Å². The van der Waals surface area contributed by atoms with Crippen LogP contribution in [-0.4, -0.2) is 25.2 Å². The predicted molar refractivity (Wildman–Crippen MR) is 56.0 cm³/mol. The molecule has 1 aromatic rings. The highest BCUT2D eigenvalue weighted by Gasteiger charge is 1.93. The van der Waals surface area contributed by atoms with Crippen molar-refractivity contribution in [2.24, 2.45) is 0 Å². The summed E-state index contributed by atoms with van der Waals surface area (Å²) in [5.41, 5.74) is 0. The van der Waals surface area contributed by atoms with Gasteiger partial charge >= 0.3 is 0 Å². The van der Waals surface area contributed by atoms with Gasteiger partial charge in [-0.2, -0.15) is 0 Å². The van der Waals surface area contributed by atoms with Crippen molar-refractivity contribution in [3.63, 3.8) is 0 Å². The number of aromatic nitrogens is 1. The van der Waals surface area contributed by atoms with Crippen LogP contribution in [0.15, 0.2) is 22.9 Å². The average Bonchev–Trinajstić information content (AvgIpc) is 2.15. The van der Waals surface area contributed by atoms with Crippen molar-refractivity contribution in [1.29, 1.82) is 0 Å². The molecule has 0 saturated carbocycles. The maximum absolute atomic E-state index is 5.44. The van der Waals surface area contributed by atoms with Gasteiger partial charge in [-0.1, -0.05) is 0 Å². The second-order valence-electron chi connectivity index (χ2n) is 2.62. The van der Waals surface area contributed by atoms with E-state index < -0.39 is 0 Å². The molecule has 1 rings (SSSR count). The Labute approximate surface area is 86.6 Å². The van der Waals surface area contributed by atoms with Crippen LogP contribution in [0.1, 0.15) is 6.42 Å². The monoisotopic (exact) mass is 244 g/mol. The predicted octanol–water partition coefficient (Wildman–Crippen LogP) is 1.83. The van der Waals surface area contributed by atoms with Crippen LogP contribution in [-0.2, 0) is 0 Å². The Kier molecular flexibility index (Phi) is 4.78. The minimum atomic E-state index is 0.726. The average molecular weight is 245 g/mol. The van der Waals surface area contributed by atoms with E-state index in [0.29, 0.717) is 0 Å². The van der Waals surface area contributed by atoms with E-state index >= 15 is 0 Å². The molecule has 0 saturated heterocycles. The van der Waals surface area contributed by atoms with Crippen LogP contribution in [0.25, 0.3) is 0 Å². The first kappa shape index (κ1) is 10.5. The molecule has 0 fully saturated rings. The number of pyridine rings is 1. The van der Waals surface area contributed by atoms with E-state index in [1.54, 1.807) is 6.20 Å². The van der Waals surface area contributed by atoms with Gasteiger partial charge in [0, 0.05) is 0 Å². The highest BCUT2D eigenvalue weighted by Crippen LogP contribution is 2.12. The SMILES string of the molecule is CNCCCOc1ccc(Br)nc1. The van der Waals surface area contributed by atoms with Gasteiger partial charge in [0.25, 0.3) is 0 Å². The second kappa shape index (κ2) is 5.94. The molecule has 4 heteroatoms. The van der Waals surface area contributed by atoms with Gasteiger partial charge in [-0.25, -0.2) is 4.98 Å². The van der Waals surface area contributed by atoms with E-state index in [2.05, 4.69) is 26.2 Å². The molecule has 0 radical (unpaired) electrons. The third-order valence-corrected chi connectivity index (χ3v) is 2.01. The van der Waals surface area contributed by atoms with Crippen LogP contribution in [0.4, 0.5) is 0 Å². The fourth-order valence-electron chi connectivity index (χ4n) is 0.887. The zero-order chi connectivity index (χ0) is 9.52. The molecule has 0 aromatic carbocycles. The van der Waals surface area contributed by atoms with E-state index in [9.17, 15) is 0 Å². The first-order valence-corrected chi connectivity index (χ1v) is 5.01. The Hall–Kier alpha value is -0.610. The second-order valence-corrected chi connectivity index (χ2v) is 3.43. The number of nitrogens with one attached hydrogen (secondary N) is 1. The van der Waals surface area contributed by atoms with Crippen LogP contribution in [0.3, 0.4) is 0 Å². The van der Waals surface area contributed by atoms with E-state index in [1.807, 2.05) is 19.2 Å². The Morgan fingerprint density at radius 2 is 2.38 bits per heavy atom. The summed E-state index contributed by atoms with van der Waals surface area (Å²) in [4.78, 5) is 4.05. The highest BCUT2D eigenvalue weighted by atomic mass is 79.9. The third-order valence-electron chi connectivity index (χ3n) is 1.54. The Morgan fingerprint density at radius 1 is 1.54 bits per heavy atom. The number of hydrogen-bond donors (Lipinski definition) is 1. The maximum atomic E-state index is 5.44. The third kappa shape index (κ3) is 4.24. The van der Waals surface area contributed by atoms with Gasteiger partial charge in [0.15, 0.2) is 0 Å². The lowest BCUT2D eigenvalue weighted by atomic mass is 10.4. The van der Waals surface area contributed by atoms with Gasteiger partial charge in [-0.15, -0.1) is 0 Å². The van der Waals surface area contributed by atoms with Gasteiger partial charge in [0.05, 0.1) is 12.8 Å². The molecule has 0 bridgehead atoms. The number of rotatable bonds is 5. The van der Waals surface area contributed by atoms with Gasteiger partial charge in [0.2, 0.25) is 0 Å². The van der Waals surface area contributed by atoms with Gasteiger partial charge in [-0.3, -0.25) is 0 Å². The summed E-state index contributed by atoms with van der Waals surface area (Å²) < 4.78 is 6.27. The largest absolute Gasteiger partial charge is 0.492 e. The molecule has 0 aliphatic heterocycles. The van der Waals surface area contributed by atoms with Crippen LogP contribution < -0.4 is 10.1 Å². The number of halogens is 1. The van der Waals surface area contributed by atoms with E-state index in [-0.39, 0.29) is 0 Å². The molecule has 3 nitrogen and oxygen atoms in total. The van der Waals surface area contributed by atoms with Crippen molar-refractivity contribution >= 4 is 15.9 Å². The summed E-state index contributed by atoms with van der Waals surface area (Å²) in [6.45, 7) is 1.70. The molecule has 0 aliphatic carbocycles. The maximum Gasteiger partial charge on any atom is 0.137 e. The Morgan fingerprint density at radius 3 is 3.00 bits per heavy atom. The Bertz CT molecular complexity index is 238. The fourth-order valence-corrected chi connectivity index (χ4v) is 1.12. The van der Waals surface area contributed by atoms with Crippen molar-refractivity contribution in [3.8, 4) is 5.75 Å². The lowest BCUT2D eigenvalue weighted by Crippen LogP contribution is -2.11. The summed E-state index contributed by atoms with van der Waals surface area (Å²) in [6.07, 6.45) is 2.72. The fraction of sp³-hybridized carbons (Fsp3) is 0.444. The lowest BCUT2D eigenvalue weighted by Gasteiger charge is -2.04. The van der Waals surface area contributed by atoms with Crippen LogP contribution in [0.5, 0.6) is 5.75 Å². The summed E-state index contributed by atoms with van der Waals surface area (Å²) in [5, 5.41) is 3.06. The van der Waals surface area contributed by atoms with Gasteiger partial charge in [0.1, 0.15) is 10.4 Å². The summed E-state index contributed by atoms with van der Waals surface area (Å²) in [5.74, 6) is 0.819. The van der Waals surface area contributed by atoms with Crippen molar-refractivity contribution in [2.45, 2.75) is 6.42 Å². The van der Waals surface area contributed by atoms with Crippen molar-refractivity contribution in [3.05, 3.63) is 22.9 Å². The summed E-state index contributed by atoms with van der Waals surface area (Å²) in [6, 6.07) is 3.77. The zero-order valence-electron chi connectivity index (χ0n) is 7.59. The highest BCUT2D eigenvalue weighted by molar-refractivity contribution is 9.10. The molecular weight excluding hydrogens is 232 g/mol. The van der Waals surface area contributed by atoms with Gasteiger partial charge < -0.3 is 10.1 Å². The smallest absolute Gasteiger partial charge is 0.137 e. The topological polar surface area (TPSA) is 34.1 Å². The lowest BCUT2D eigenvalue weighted by molar-refractivity contribution is 0.308. The van der Waals surface area contributed by atoms with Crippen LogP contribution in [0.2, 0.25) is 0 Å². The molecule has 1 aromatic heterocycles. The molecular formula is C9H13BrN2O. The first-order chi connectivity index (χ1) is 6.33. The minimum absolute atomic E-state index is 0.726. The van der Waals surface area contributed by atoms with Crippen molar-refractivity contribution in [1.82, 2.24) is 10.3 Å². The number of nitrogens with zero attached hydrogens (tertiary/aromatic N) is 1. The molecule has 0 unspecified atom stereocenters. The van der Waals surface area contributed by atoms with Crippen LogP contribution in [0, 0.1) is 0 Å². The normalized spacial score (nSPS) is 10.0. The standard InChI is InChI=1S/C9H13BrN2O/c1-11-5-2-6-13-8-3-4-9(10)12-7-8/h3-4,7,11H,2,5-6H2,1H3. The van der Waals surface area contributed by atoms with E-state index in [0.717, 1.165) is 29.9 Å². The number of hydrogen-bond acceptors (Lipinski definition) is 3. The minimum Gasteiger partial charge on any atom is -0.492 e. The molecule has 0 amide bonds. The molecule has 13 heavy (non-hydrogen) atoms. The number of ether oxygens (including phenoxy) is 1. The molecule has 0 spiro atoms.